The Bertz CT molecular complexity index is 402. The number of halogens is 1. The highest BCUT2D eigenvalue weighted by Crippen LogP contribution is 2.32. The Kier molecular flexibility index (Phi) is 6.37. The number of rotatable bonds is 6. The maximum absolute atomic E-state index is 13.2. The van der Waals surface area contributed by atoms with Crippen LogP contribution in [0.15, 0.2) is 29.2 Å². The van der Waals surface area contributed by atoms with E-state index < -0.39 is 0 Å². The monoisotopic (exact) mass is 295 g/mol. The normalized spacial score (nSPS) is 24.6. The largest absolute Gasteiger partial charge is 0.313 e. The van der Waals surface area contributed by atoms with E-state index in [0.717, 1.165) is 29.0 Å². The maximum atomic E-state index is 13.2. The van der Waals surface area contributed by atoms with Crippen LogP contribution in [0.3, 0.4) is 0 Å². The molecular formula is C17H26FNS. The third-order valence-corrected chi connectivity index (χ3v) is 5.43. The predicted molar refractivity (Wildman–Crippen MR) is 85.7 cm³/mol. The van der Waals surface area contributed by atoms with Gasteiger partial charge in [0.1, 0.15) is 5.82 Å². The van der Waals surface area contributed by atoms with Gasteiger partial charge in [0.05, 0.1) is 0 Å². The molecule has 1 unspecified atom stereocenters. The molecule has 112 valence electrons. The third kappa shape index (κ3) is 4.78. The summed E-state index contributed by atoms with van der Waals surface area (Å²) in [7, 11) is 0. The highest BCUT2D eigenvalue weighted by molar-refractivity contribution is 7.99. The van der Waals surface area contributed by atoms with Crippen LogP contribution in [0.5, 0.6) is 0 Å². The lowest BCUT2D eigenvalue weighted by Crippen LogP contribution is -2.39. The molecule has 1 aliphatic carbocycles. The fourth-order valence-electron chi connectivity index (χ4n) is 3.05. The lowest BCUT2D eigenvalue weighted by atomic mass is 9.79. The van der Waals surface area contributed by atoms with Crippen LogP contribution in [-0.2, 0) is 0 Å². The van der Waals surface area contributed by atoms with Crippen molar-refractivity contribution in [3.63, 3.8) is 0 Å². The Morgan fingerprint density at radius 1 is 1.30 bits per heavy atom. The Hall–Kier alpha value is -0.540. The fourth-order valence-corrected chi connectivity index (χ4v) is 4.19. The second kappa shape index (κ2) is 8.04. The van der Waals surface area contributed by atoms with Crippen molar-refractivity contribution < 1.29 is 4.39 Å². The van der Waals surface area contributed by atoms with E-state index in [1.165, 1.54) is 31.7 Å². The van der Waals surface area contributed by atoms with Gasteiger partial charge in [0.2, 0.25) is 0 Å². The van der Waals surface area contributed by atoms with Crippen molar-refractivity contribution in [3.05, 3.63) is 30.1 Å². The van der Waals surface area contributed by atoms with Gasteiger partial charge in [0.15, 0.2) is 0 Å². The summed E-state index contributed by atoms with van der Waals surface area (Å²) >= 11 is 1.77. The molecule has 0 aliphatic heterocycles. The summed E-state index contributed by atoms with van der Waals surface area (Å²) in [5.74, 6) is 2.58. The van der Waals surface area contributed by atoms with Crippen molar-refractivity contribution in [2.24, 2.45) is 11.8 Å². The predicted octanol–water partition coefficient (Wildman–Crippen LogP) is 4.72. The molecule has 1 saturated carbocycles. The van der Waals surface area contributed by atoms with E-state index in [0.29, 0.717) is 6.04 Å². The molecule has 0 aromatic heterocycles. The molecule has 0 bridgehead atoms. The summed E-state index contributed by atoms with van der Waals surface area (Å²) < 4.78 is 13.2. The van der Waals surface area contributed by atoms with Gasteiger partial charge < -0.3 is 5.32 Å². The molecular weight excluding hydrogens is 269 g/mol. The van der Waals surface area contributed by atoms with Crippen molar-refractivity contribution in [1.29, 1.82) is 0 Å². The Labute approximate surface area is 126 Å². The molecule has 3 heteroatoms. The first-order valence-electron chi connectivity index (χ1n) is 7.80. The Balaban J connectivity index is 1.88. The van der Waals surface area contributed by atoms with E-state index in [4.69, 9.17) is 0 Å². The van der Waals surface area contributed by atoms with Crippen LogP contribution >= 0.6 is 11.8 Å². The van der Waals surface area contributed by atoms with Gasteiger partial charge in [0, 0.05) is 16.7 Å². The van der Waals surface area contributed by atoms with Crippen LogP contribution in [0.4, 0.5) is 4.39 Å². The minimum Gasteiger partial charge on any atom is -0.313 e. The number of hydrogen-bond donors (Lipinski definition) is 1. The van der Waals surface area contributed by atoms with Crippen LogP contribution in [0.2, 0.25) is 0 Å². The lowest BCUT2D eigenvalue weighted by Gasteiger charge is -2.33. The molecule has 2 rings (SSSR count). The first-order valence-corrected chi connectivity index (χ1v) is 8.79. The molecule has 1 fully saturated rings. The minimum atomic E-state index is -0.138. The van der Waals surface area contributed by atoms with E-state index in [9.17, 15) is 4.39 Å². The van der Waals surface area contributed by atoms with E-state index >= 15 is 0 Å². The number of thioether (sulfide) groups is 1. The smallest absolute Gasteiger partial charge is 0.124 e. The van der Waals surface area contributed by atoms with Crippen LogP contribution in [0.1, 0.15) is 39.5 Å². The summed E-state index contributed by atoms with van der Waals surface area (Å²) in [5.41, 5.74) is 0. The molecule has 0 saturated heterocycles. The number of hydrogen-bond acceptors (Lipinski definition) is 2. The quantitative estimate of drug-likeness (QED) is 0.762. The van der Waals surface area contributed by atoms with Crippen LogP contribution < -0.4 is 5.32 Å². The van der Waals surface area contributed by atoms with Gasteiger partial charge in [-0.3, -0.25) is 0 Å². The lowest BCUT2D eigenvalue weighted by molar-refractivity contribution is 0.243. The maximum Gasteiger partial charge on any atom is 0.124 e. The zero-order valence-electron chi connectivity index (χ0n) is 12.6. The average Bonchev–Trinajstić information content (AvgIpc) is 2.44. The van der Waals surface area contributed by atoms with Crippen LogP contribution in [0.25, 0.3) is 0 Å². The summed E-state index contributed by atoms with van der Waals surface area (Å²) in [6.07, 6.45) is 5.39. The van der Waals surface area contributed by atoms with Gasteiger partial charge >= 0.3 is 0 Å². The zero-order valence-corrected chi connectivity index (χ0v) is 13.4. The molecule has 20 heavy (non-hydrogen) atoms. The molecule has 0 spiro atoms. The standard InChI is InChI=1S/C17H26FNS/c1-3-19-17(14-9-7-13(2)8-10-14)12-20-16-6-4-5-15(18)11-16/h4-6,11,13-14,17,19H,3,7-10,12H2,1-2H3. The van der Waals surface area contributed by atoms with Crippen molar-refractivity contribution in [1.82, 2.24) is 5.32 Å². The van der Waals surface area contributed by atoms with Gasteiger partial charge in [-0.25, -0.2) is 4.39 Å². The second-order valence-corrected chi connectivity index (χ2v) is 7.05. The van der Waals surface area contributed by atoms with Crippen molar-refractivity contribution in [3.8, 4) is 0 Å². The molecule has 0 amide bonds. The fraction of sp³-hybridized carbons (Fsp3) is 0.647. The third-order valence-electron chi connectivity index (χ3n) is 4.32. The van der Waals surface area contributed by atoms with E-state index in [1.54, 1.807) is 23.9 Å². The summed E-state index contributed by atoms with van der Waals surface area (Å²) in [6.45, 7) is 5.55. The minimum absolute atomic E-state index is 0.138. The summed E-state index contributed by atoms with van der Waals surface area (Å²) in [5, 5.41) is 3.64. The molecule has 1 atom stereocenters. The van der Waals surface area contributed by atoms with Crippen molar-refractivity contribution >= 4 is 11.8 Å². The second-order valence-electron chi connectivity index (χ2n) is 5.95. The van der Waals surface area contributed by atoms with Gasteiger partial charge in [-0.1, -0.05) is 32.8 Å². The molecule has 1 N–H and O–H groups in total. The Morgan fingerprint density at radius 2 is 2.05 bits per heavy atom. The van der Waals surface area contributed by atoms with E-state index in [-0.39, 0.29) is 5.82 Å². The number of nitrogens with one attached hydrogen (secondary N) is 1. The highest BCUT2D eigenvalue weighted by atomic mass is 32.2. The van der Waals surface area contributed by atoms with Gasteiger partial charge in [-0.15, -0.1) is 11.8 Å². The zero-order chi connectivity index (χ0) is 14.4. The Morgan fingerprint density at radius 3 is 2.70 bits per heavy atom. The topological polar surface area (TPSA) is 12.0 Å². The first kappa shape index (κ1) is 15.8. The summed E-state index contributed by atoms with van der Waals surface area (Å²) in [6, 6.07) is 7.49. The molecule has 1 aromatic carbocycles. The molecule has 1 nitrogen and oxygen atoms in total. The summed E-state index contributed by atoms with van der Waals surface area (Å²) in [4.78, 5) is 1.04. The first-order chi connectivity index (χ1) is 9.69. The van der Waals surface area contributed by atoms with E-state index in [2.05, 4.69) is 19.2 Å². The number of benzene rings is 1. The molecule has 0 radical (unpaired) electrons. The van der Waals surface area contributed by atoms with Crippen molar-refractivity contribution in [2.45, 2.75) is 50.5 Å². The van der Waals surface area contributed by atoms with E-state index in [1.807, 2.05) is 6.07 Å². The SMILES string of the molecule is CCNC(CSc1cccc(F)c1)C1CCC(C)CC1. The van der Waals surface area contributed by atoms with Crippen LogP contribution in [0, 0.1) is 17.7 Å². The van der Waals surface area contributed by atoms with Gasteiger partial charge in [0.25, 0.3) is 0 Å². The average molecular weight is 295 g/mol. The molecule has 1 aliphatic rings. The van der Waals surface area contributed by atoms with Gasteiger partial charge in [-0.2, -0.15) is 0 Å². The van der Waals surface area contributed by atoms with Gasteiger partial charge in [-0.05, 0) is 49.4 Å². The van der Waals surface area contributed by atoms with Crippen LogP contribution in [-0.4, -0.2) is 18.3 Å². The molecule has 0 heterocycles. The molecule has 1 aromatic rings. The highest BCUT2D eigenvalue weighted by Gasteiger charge is 2.25. The van der Waals surface area contributed by atoms with Crippen molar-refractivity contribution in [2.75, 3.05) is 12.3 Å².